The summed E-state index contributed by atoms with van der Waals surface area (Å²) in [5.41, 5.74) is 0. The number of fused-ring (bicyclic) bond motifs is 4. The minimum Gasteiger partial charge on any atom is -0.285 e. The van der Waals surface area contributed by atoms with Crippen LogP contribution >= 0.6 is 0 Å². The zero-order valence-electron chi connectivity index (χ0n) is 10.4. The van der Waals surface area contributed by atoms with Crippen molar-refractivity contribution in [1.82, 2.24) is 9.80 Å². The fraction of sp³-hybridized carbons (Fsp3) is 0.667. The normalized spacial score (nSPS) is 38.4. The number of hydrogen-bond acceptors (Lipinski definition) is 4. The van der Waals surface area contributed by atoms with Crippen LogP contribution in [0.5, 0.6) is 0 Å². The second kappa shape index (κ2) is 3.18. The van der Waals surface area contributed by atoms with E-state index < -0.39 is 23.7 Å². The van der Waals surface area contributed by atoms with Crippen molar-refractivity contribution in [3.05, 3.63) is 0 Å². The van der Waals surface area contributed by atoms with E-state index in [0.717, 1.165) is 4.90 Å². The molecule has 6 heteroatoms. The molecule has 0 aromatic carbocycles. The Morgan fingerprint density at radius 2 is 1.11 bits per heavy atom. The van der Waals surface area contributed by atoms with Gasteiger partial charge in [-0.25, -0.2) is 0 Å². The van der Waals surface area contributed by atoms with Gasteiger partial charge in [-0.1, -0.05) is 0 Å². The summed E-state index contributed by atoms with van der Waals surface area (Å²) >= 11 is 0. The maximum Gasteiger partial charge on any atom is 0.234 e. The molecule has 2 aliphatic heterocycles. The lowest BCUT2D eigenvalue weighted by Gasteiger charge is -2.36. The monoisotopic (exact) mass is 250 g/mol. The number of carbonyl (C=O) groups is 4. The van der Waals surface area contributed by atoms with E-state index in [2.05, 4.69) is 0 Å². The maximum absolute atomic E-state index is 12.1. The van der Waals surface area contributed by atoms with Crippen molar-refractivity contribution in [2.45, 2.75) is 19.9 Å². The maximum atomic E-state index is 12.1. The molecule has 0 spiro atoms. The van der Waals surface area contributed by atoms with Crippen LogP contribution in [-0.4, -0.2) is 46.5 Å². The van der Waals surface area contributed by atoms with E-state index in [1.807, 2.05) is 0 Å². The molecule has 0 aromatic heterocycles. The van der Waals surface area contributed by atoms with Gasteiger partial charge in [-0.2, -0.15) is 0 Å². The van der Waals surface area contributed by atoms with Gasteiger partial charge in [-0.3, -0.25) is 29.0 Å². The zero-order chi connectivity index (χ0) is 13.4. The Morgan fingerprint density at radius 1 is 0.778 bits per heavy atom. The van der Waals surface area contributed by atoms with E-state index in [0.29, 0.717) is 0 Å². The van der Waals surface area contributed by atoms with Crippen LogP contribution in [-0.2, 0) is 19.2 Å². The SMILES string of the molecule is CC(C)N1C(=O)C2C3C(=O)N(C)C(=O)C3C2C1=O. The van der Waals surface area contributed by atoms with Crippen molar-refractivity contribution in [3.8, 4) is 0 Å². The van der Waals surface area contributed by atoms with Crippen LogP contribution in [0.1, 0.15) is 13.8 Å². The number of rotatable bonds is 1. The van der Waals surface area contributed by atoms with Crippen molar-refractivity contribution < 1.29 is 19.2 Å². The summed E-state index contributed by atoms with van der Waals surface area (Å²) in [5, 5.41) is 0. The Hall–Kier alpha value is -1.72. The molecule has 3 fully saturated rings. The van der Waals surface area contributed by atoms with E-state index in [9.17, 15) is 19.2 Å². The summed E-state index contributed by atoms with van der Waals surface area (Å²) < 4.78 is 0. The summed E-state index contributed by atoms with van der Waals surface area (Å²) in [6.07, 6.45) is 0. The fourth-order valence-corrected chi connectivity index (χ4v) is 3.47. The third-order valence-electron chi connectivity index (χ3n) is 4.34. The quantitative estimate of drug-likeness (QED) is 0.573. The van der Waals surface area contributed by atoms with Gasteiger partial charge in [0.1, 0.15) is 0 Å². The van der Waals surface area contributed by atoms with Crippen LogP contribution in [0.3, 0.4) is 0 Å². The van der Waals surface area contributed by atoms with E-state index in [4.69, 9.17) is 0 Å². The molecule has 2 saturated heterocycles. The molecule has 96 valence electrons. The number of imide groups is 2. The summed E-state index contributed by atoms with van der Waals surface area (Å²) in [6, 6.07) is -0.223. The van der Waals surface area contributed by atoms with Crippen LogP contribution in [0.4, 0.5) is 0 Å². The van der Waals surface area contributed by atoms with Gasteiger partial charge in [0, 0.05) is 13.1 Å². The Kier molecular flexibility index (Phi) is 2.01. The van der Waals surface area contributed by atoms with Crippen molar-refractivity contribution in [2.24, 2.45) is 23.7 Å². The zero-order valence-corrected chi connectivity index (χ0v) is 10.4. The van der Waals surface area contributed by atoms with Crippen LogP contribution < -0.4 is 0 Å². The highest BCUT2D eigenvalue weighted by Crippen LogP contribution is 2.56. The molecule has 4 amide bonds. The van der Waals surface area contributed by atoms with Crippen molar-refractivity contribution in [2.75, 3.05) is 7.05 Å². The lowest BCUT2D eigenvalue weighted by atomic mass is 9.59. The van der Waals surface area contributed by atoms with Gasteiger partial charge >= 0.3 is 0 Å². The van der Waals surface area contributed by atoms with Crippen LogP contribution in [0.25, 0.3) is 0 Å². The highest BCUT2D eigenvalue weighted by Gasteiger charge is 2.72. The van der Waals surface area contributed by atoms with Crippen LogP contribution in [0, 0.1) is 23.7 Å². The molecule has 2 heterocycles. The second-order valence-corrected chi connectivity index (χ2v) is 5.48. The molecule has 3 rings (SSSR count). The van der Waals surface area contributed by atoms with Gasteiger partial charge in [-0.05, 0) is 13.8 Å². The van der Waals surface area contributed by atoms with Crippen molar-refractivity contribution in [1.29, 1.82) is 0 Å². The first-order chi connectivity index (χ1) is 8.37. The third-order valence-corrected chi connectivity index (χ3v) is 4.34. The second-order valence-electron chi connectivity index (χ2n) is 5.48. The molecule has 4 atom stereocenters. The standard InChI is InChI=1S/C12H14N2O4/c1-4(2)14-11(17)7-5-6(8(7)12(14)18)10(16)13(3)9(5)15/h4-8H,1-3H3. The van der Waals surface area contributed by atoms with Gasteiger partial charge in [-0.15, -0.1) is 0 Å². The first-order valence-electron chi connectivity index (χ1n) is 6.06. The first kappa shape index (κ1) is 11.4. The van der Waals surface area contributed by atoms with Gasteiger partial charge in [0.2, 0.25) is 23.6 Å². The van der Waals surface area contributed by atoms with E-state index in [1.54, 1.807) is 13.8 Å². The number of amides is 4. The molecule has 1 saturated carbocycles. The highest BCUT2D eigenvalue weighted by molar-refractivity contribution is 6.17. The minimum absolute atomic E-state index is 0.223. The number of hydrogen-bond donors (Lipinski definition) is 0. The summed E-state index contributed by atoms with van der Waals surface area (Å²) in [4.78, 5) is 50.3. The first-order valence-corrected chi connectivity index (χ1v) is 6.06. The van der Waals surface area contributed by atoms with Gasteiger partial charge in [0.05, 0.1) is 23.7 Å². The highest BCUT2D eigenvalue weighted by atomic mass is 16.2. The third kappa shape index (κ3) is 0.996. The summed E-state index contributed by atoms with van der Waals surface area (Å²) in [7, 11) is 1.41. The van der Waals surface area contributed by atoms with Crippen LogP contribution in [0.15, 0.2) is 0 Å². The van der Waals surface area contributed by atoms with Crippen molar-refractivity contribution >= 4 is 23.6 Å². The van der Waals surface area contributed by atoms with Gasteiger partial charge in [0.15, 0.2) is 0 Å². The Balaban J connectivity index is 1.99. The average Bonchev–Trinajstić information content (AvgIpc) is 2.53. The lowest BCUT2D eigenvalue weighted by molar-refractivity contribution is -0.146. The van der Waals surface area contributed by atoms with E-state index in [-0.39, 0.29) is 29.7 Å². The van der Waals surface area contributed by atoms with Gasteiger partial charge in [0.25, 0.3) is 0 Å². The average molecular weight is 250 g/mol. The molecule has 18 heavy (non-hydrogen) atoms. The Bertz CT molecular complexity index is 458. The smallest absolute Gasteiger partial charge is 0.234 e. The topological polar surface area (TPSA) is 74.8 Å². The number of likely N-dealkylation sites (tertiary alicyclic amines) is 2. The molecule has 3 aliphatic rings. The molecule has 4 unspecified atom stereocenters. The van der Waals surface area contributed by atoms with E-state index in [1.165, 1.54) is 11.9 Å². The molecule has 6 nitrogen and oxygen atoms in total. The van der Waals surface area contributed by atoms with E-state index >= 15 is 0 Å². The molecule has 0 bridgehead atoms. The van der Waals surface area contributed by atoms with Gasteiger partial charge < -0.3 is 0 Å². The molecule has 0 N–H and O–H groups in total. The largest absolute Gasteiger partial charge is 0.285 e. The Morgan fingerprint density at radius 3 is 1.44 bits per heavy atom. The molecular weight excluding hydrogens is 236 g/mol. The number of nitrogens with zero attached hydrogens (tertiary/aromatic N) is 2. The molecule has 0 radical (unpaired) electrons. The lowest BCUT2D eigenvalue weighted by Crippen LogP contribution is -2.50. The summed E-state index contributed by atoms with van der Waals surface area (Å²) in [5.74, 6) is -3.65. The predicted molar refractivity (Wildman–Crippen MR) is 58.7 cm³/mol. The fourth-order valence-electron chi connectivity index (χ4n) is 3.47. The predicted octanol–water partition coefficient (Wildman–Crippen LogP) is -0.759. The van der Waals surface area contributed by atoms with Crippen LogP contribution in [0.2, 0.25) is 0 Å². The summed E-state index contributed by atoms with van der Waals surface area (Å²) in [6.45, 7) is 3.51. The Labute approximate surface area is 104 Å². The minimum atomic E-state index is -0.605. The molecule has 0 aromatic rings. The molecular formula is C12H14N2O4. The molecule has 1 aliphatic carbocycles. The number of carbonyl (C=O) groups excluding carboxylic acids is 4. The van der Waals surface area contributed by atoms with Crippen molar-refractivity contribution in [3.63, 3.8) is 0 Å².